The largest absolute Gasteiger partial charge is 0.467 e. The lowest BCUT2D eigenvalue weighted by Crippen LogP contribution is -2.18. The molecule has 2 aromatic heterocycles. The molecule has 2 heterocycles. The van der Waals surface area contributed by atoms with Crippen LogP contribution in [0.25, 0.3) is 22.2 Å². The Bertz CT molecular complexity index is 966. The average Bonchev–Trinajstić information content (AvgIpc) is 2.63. The van der Waals surface area contributed by atoms with E-state index in [1.165, 1.54) is 7.11 Å². The van der Waals surface area contributed by atoms with Crippen LogP contribution < -0.4 is 10.1 Å². The van der Waals surface area contributed by atoms with E-state index in [4.69, 9.17) is 9.72 Å². The summed E-state index contributed by atoms with van der Waals surface area (Å²) in [7, 11) is 1.53. The number of nitrogens with zero attached hydrogens (tertiary/aromatic N) is 3. The maximum Gasteiger partial charge on any atom is 0.316 e. The molecule has 26 heavy (non-hydrogen) atoms. The number of benzene rings is 1. The fourth-order valence-corrected chi connectivity index (χ4v) is 2.75. The number of rotatable bonds is 4. The van der Waals surface area contributed by atoms with Gasteiger partial charge in [0.2, 0.25) is 5.91 Å². The molecular weight excluding hydrogens is 328 g/mol. The number of ether oxygens (including phenoxy) is 1. The third kappa shape index (κ3) is 3.35. The Morgan fingerprint density at radius 3 is 2.42 bits per heavy atom. The van der Waals surface area contributed by atoms with Crippen LogP contribution in [0.3, 0.4) is 0 Å². The van der Waals surface area contributed by atoms with Crippen LogP contribution in [-0.4, -0.2) is 28.0 Å². The van der Waals surface area contributed by atoms with E-state index < -0.39 is 0 Å². The standard InChI is InChI=1S/C20H22N4O2/c1-11(2)19(25)24-15-7-6-12(3)18-17(15)13(4)8-16(23-18)14-9-21-20(26-5)22-10-14/h6-11H,1-5H3,(H,24,25). The second-order valence-electron chi connectivity index (χ2n) is 6.58. The number of carbonyl (C=O) groups excluding carboxylic acids is 1. The van der Waals surface area contributed by atoms with Gasteiger partial charge < -0.3 is 10.1 Å². The van der Waals surface area contributed by atoms with Crippen molar-refractivity contribution < 1.29 is 9.53 Å². The molecular formula is C20H22N4O2. The van der Waals surface area contributed by atoms with Crippen LogP contribution in [0.1, 0.15) is 25.0 Å². The van der Waals surface area contributed by atoms with Crippen molar-refractivity contribution in [3.8, 4) is 17.3 Å². The fraction of sp³-hybridized carbons (Fsp3) is 0.300. The molecule has 134 valence electrons. The Balaban J connectivity index is 2.13. The molecule has 0 saturated heterocycles. The van der Waals surface area contributed by atoms with E-state index in [0.717, 1.165) is 39.0 Å². The van der Waals surface area contributed by atoms with Crippen LogP contribution in [0.2, 0.25) is 0 Å². The van der Waals surface area contributed by atoms with E-state index in [2.05, 4.69) is 15.3 Å². The topological polar surface area (TPSA) is 77.0 Å². The van der Waals surface area contributed by atoms with Gasteiger partial charge in [0.1, 0.15) is 0 Å². The number of nitrogens with one attached hydrogen (secondary N) is 1. The normalized spacial score (nSPS) is 11.0. The number of methoxy groups -OCH3 is 1. The first-order valence-electron chi connectivity index (χ1n) is 8.49. The molecule has 1 aromatic carbocycles. The molecule has 0 aliphatic carbocycles. The number of fused-ring (bicyclic) bond motifs is 1. The summed E-state index contributed by atoms with van der Waals surface area (Å²) >= 11 is 0. The first kappa shape index (κ1) is 17.8. The number of anilines is 1. The van der Waals surface area contributed by atoms with Crippen molar-refractivity contribution in [3.63, 3.8) is 0 Å². The molecule has 1 amide bonds. The van der Waals surface area contributed by atoms with Gasteiger partial charge >= 0.3 is 6.01 Å². The molecule has 0 radical (unpaired) electrons. The molecule has 3 aromatic rings. The zero-order valence-electron chi connectivity index (χ0n) is 15.6. The number of aryl methyl sites for hydroxylation is 2. The van der Waals surface area contributed by atoms with Crippen LogP contribution in [0.4, 0.5) is 5.69 Å². The van der Waals surface area contributed by atoms with Crippen LogP contribution in [0, 0.1) is 19.8 Å². The minimum absolute atomic E-state index is 0.0119. The lowest BCUT2D eigenvalue weighted by atomic mass is 10.0. The Morgan fingerprint density at radius 1 is 1.12 bits per heavy atom. The van der Waals surface area contributed by atoms with Gasteiger partial charge in [-0.2, -0.15) is 0 Å². The number of carbonyl (C=O) groups is 1. The average molecular weight is 350 g/mol. The van der Waals surface area contributed by atoms with Crippen LogP contribution in [0.5, 0.6) is 6.01 Å². The van der Waals surface area contributed by atoms with E-state index >= 15 is 0 Å². The van der Waals surface area contributed by atoms with E-state index in [-0.39, 0.29) is 11.8 Å². The van der Waals surface area contributed by atoms with Crippen molar-refractivity contribution >= 4 is 22.5 Å². The summed E-state index contributed by atoms with van der Waals surface area (Å²) in [5, 5.41) is 3.96. The van der Waals surface area contributed by atoms with Gasteiger partial charge in [-0.15, -0.1) is 0 Å². The summed E-state index contributed by atoms with van der Waals surface area (Å²) < 4.78 is 5.01. The zero-order valence-corrected chi connectivity index (χ0v) is 15.6. The SMILES string of the molecule is COc1ncc(-c2cc(C)c3c(NC(=O)C(C)C)ccc(C)c3n2)cn1. The molecule has 6 heteroatoms. The van der Waals surface area contributed by atoms with Crippen LogP contribution in [-0.2, 0) is 4.79 Å². The maximum absolute atomic E-state index is 12.1. The van der Waals surface area contributed by atoms with Crippen molar-refractivity contribution in [2.45, 2.75) is 27.7 Å². The molecule has 0 unspecified atom stereocenters. The van der Waals surface area contributed by atoms with E-state index in [1.54, 1.807) is 12.4 Å². The molecule has 3 rings (SSSR count). The summed E-state index contributed by atoms with van der Waals surface area (Å²) in [5.41, 5.74) is 5.31. The molecule has 0 aliphatic heterocycles. The predicted molar refractivity (Wildman–Crippen MR) is 102 cm³/mol. The quantitative estimate of drug-likeness (QED) is 0.772. The van der Waals surface area contributed by atoms with Crippen molar-refractivity contribution in [1.29, 1.82) is 0 Å². The van der Waals surface area contributed by atoms with Gasteiger partial charge in [-0.3, -0.25) is 4.79 Å². The molecule has 0 aliphatic rings. The highest BCUT2D eigenvalue weighted by Crippen LogP contribution is 2.31. The minimum Gasteiger partial charge on any atom is -0.467 e. The minimum atomic E-state index is -0.0876. The maximum atomic E-state index is 12.1. The van der Waals surface area contributed by atoms with Gasteiger partial charge in [0.05, 0.1) is 24.0 Å². The van der Waals surface area contributed by atoms with Crippen molar-refractivity contribution in [3.05, 3.63) is 41.7 Å². The second-order valence-corrected chi connectivity index (χ2v) is 6.58. The third-order valence-electron chi connectivity index (χ3n) is 4.25. The Morgan fingerprint density at radius 2 is 1.81 bits per heavy atom. The third-order valence-corrected chi connectivity index (χ3v) is 4.25. The highest BCUT2D eigenvalue weighted by molar-refractivity contribution is 6.04. The number of hydrogen-bond acceptors (Lipinski definition) is 5. The fourth-order valence-electron chi connectivity index (χ4n) is 2.75. The monoisotopic (exact) mass is 350 g/mol. The number of hydrogen-bond donors (Lipinski definition) is 1. The van der Waals surface area contributed by atoms with E-state index in [1.807, 2.05) is 45.9 Å². The first-order chi connectivity index (χ1) is 12.4. The molecule has 0 atom stereocenters. The smallest absolute Gasteiger partial charge is 0.316 e. The number of pyridine rings is 1. The van der Waals surface area contributed by atoms with Gasteiger partial charge in [-0.25, -0.2) is 15.0 Å². The summed E-state index contributed by atoms with van der Waals surface area (Å²) in [4.78, 5) is 25.2. The van der Waals surface area contributed by atoms with E-state index in [0.29, 0.717) is 6.01 Å². The van der Waals surface area contributed by atoms with E-state index in [9.17, 15) is 4.79 Å². The van der Waals surface area contributed by atoms with Gasteiger partial charge in [-0.05, 0) is 37.1 Å². The van der Waals surface area contributed by atoms with Gasteiger partial charge in [0.25, 0.3) is 0 Å². The molecule has 0 saturated carbocycles. The molecule has 0 fully saturated rings. The Hall–Kier alpha value is -3.02. The summed E-state index contributed by atoms with van der Waals surface area (Å²) in [5.74, 6) is -0.0995. The van der Waals surface area contributed by atoms with Gasteiger partial charge in [0.15, 0.2) is 0 Å². The van der Waals surface area contributed by atoms with Crippen LogP contribution >= 0.6 is 0 Å². The highest BCUT2D eigenvalue weighted by Gasteiger charge is 2.14. The summed E-state index contributed by atoms with van der Waals surface area (Å²) in [6, 6.07) is 6.21. The first-order valence-corrected chi connectivity index (χ1v) is 8.49. The Kier molecular flexibility index (Phi) is 4.84. The highest BCUT2D eigenvalue weighted by atomic mass is 16.5. The molecule has 6 nitrogen and oxygen atoms in total. The second kappa shape index (κ2) is 7.07. The number of amides is 1. The summed E-state index contributed by atoms with van der Waals surface area (Å²) in [6.45, 7) is 7.77. The van der Waals surface area contributed by atoms with Crippen molar-refractivity contribution in [2.24, 2.45) is 5.92 Å². The van der Waals surface area contributed by atoms with Crippen molar-refractivity contribution in [2.75, 3.05) is 12.4 Å². The lowest BCUT2D eigenvalue weighted by molar-refractivity contribution is -0.118. The summed E-state index contributed by atoms with van der Waals surface area (Å²) in [6.07, 6.45) is 3.39. The lowest BCUT2D eigenvalue weighted by Gasteiger charge is -2.15. The molecule has 0 bridgehead atoms. The molecule has 1 N–H and O–H groups in total. The van der Waals surface area contributed by atoms with Gasteiger partial charge in [0, 0.05) is 29.3 Å². The Labute approximate surface area is 152 Å². The van der Waals surface area contributed by atoms with Crippen molar-refractivity contribution in [1.82, 2.24) is 15.0 Å². The predicted octanol–water partition coefficient (Wildman–Crippen LogP) is 3.91. The van der Waals surface area contributed by atoms with Gasteiger partial charge in [-0.1, -0.05) is 19.9 Å². The number of aromatic nitrogens is 3. The molecule has 0 spiro atoms. The van der Waals surface area contributed by atoms with Crippen LogP contribution in [0.15, 0.2) is 30.6 Å². The zero-order chi connectivity index (χ0) is 18.8.